The molecule has 0 radical (unpaired) electrons. The first-order chi connectivity index (χ1) is 14.7. The molecule has 1 aromatic rings. The Morgan fingerprint density at radius 3 is 2.74 bits per heavy atom. The zero-order valence-electron chi connectivity index (χ0n) is 17.8. The van der Waals surface area contributed by atoms with Gasteiger partial charge in [-0.15, -0.1) is 0 Å². The molecule has 0 aliphatic carbocycles. The first kappa shape index (κ1) is 22.0. The van der Waals surface area contributed by atoms with Crippen molar-refractivity contribution in [3.8, 4) is 0 Å². The van der Waals surface area contributed by atoms with E-state index in [1.807, 2.05) is 0 Å². The quantitative estimate of drug-likeness (QED) is 0.642. The molecule has 2 unspecified atom stereocenters. The Kier molecular flexibility index (Phi) is 5.52. The van der Waals surface area contributed by atoms with Crippen LogP contribution in [0.25, 0.3) is 0 Å². The van der Waals surface area contributed by atoms with Crippen molar-refractivity contribution in [2.75, 3.05) is 18.5 Å². The average Bonchev–Trinajstić information content (AvgIpc) is 3.30. The van der Waals surface area contributed by atoms with E-state index in [1.165, 1.54) is 4.90 Å². The third-order valence-corrected chi connectivity index (χ3v) is 7.20. The molecule has 1 spiro atoms. The number of nitrogens with one attached hydrogen (secondary N) is 1. The minimum absolute atomic E-state index is 0.187. The van der Waals surface area contributed by atoms with Crippen molar-refractivity contribution in [1.29, 1.82) is 0 Å². The molecule has 3 fully saturated rings. The largest absolute Gasteiger partial charge is 0.466 e. The molecule has 168 valence electrons. The van der Waals surface area contributed by atoms with Gasteiger partial charge >= 0.3 is 5.97 Å². The second-order valence-corrected chi connectivity index (χ2v) is 9.13. The molecule has 0 aromatic heterocycles. The molecule has 3 saturated heterocycles. The van der Waals surface area contributed by atoms with Crippen molar-refractivity contribution in [2.45, 2.75) is 56.9 Å². The number of fused-ring (bicyclic) bond motifs is 1. The van der Waals surface area contributed by atoms with Crippen molar-refractivity contribution in [3.63, 3.8) is 0 Å². The number of para-hydroxylation sites is 1. The number of halogens is 1. The van der Waals surface area contributed by atoms with Gasteiger partial charge in [0.2, 0.25) is 11.8 Å². The number of aliphatic hydroxyl groups is 1. The number of carbonyl (C=O) groups is 3. The Labute approximate surface area is 185 Å². The summed E-state index contributed by atoms with van der Waals surface area (Å²) >= 11 is 6.21. The molecular formula is C22H27ClN2O6. The number of hydrogen-bond acceptors (Lipinski definition) is 6. The Bertz CT molecular complexity index is 925. The number of benzene rings is 1. The van der Waals surface area contributed by atoms with Gasteiger partial charge in [-0.2, -0.15) is 0 Å². The maximum atomic E-state index is 13.6. The van der Waals surface area contributed by atoms with Crippen LogP contribution in [0.2, 0.25) is 5.02 Å². The lowest BCUT2D eigenvalue weighted by Gasteiger charge is -2.35. The third kappa shape index (κ3) is 3.15. The molecule has 9 heteroatoms. The van der Waals surface area contributed by atoms with Gasteiger partial charge < -0.3 is 24.8 Å². The number of esters is 1. The molecule has 3 aliphatic heterocycles. The SMILES string of the molecule is CCOC(=O)[C@H]1[C@H]2C(=O)N([C@H](C)CO)C(C(=O)Nc3ccccc3Cl)C23CC[C@]1(C)O3. The monoisotopic (exact) mass is 450 g/mol. The molecular weight excluding hydrogens is 424 g/mol. The van der Waals surface area contributed by atoms with E-state index in [0.717, 1.165) is 0 Å². The number of anilines is 1. The molecule has 4 rings (SSSR count). The van der Waals surface area contributed by atoms with Gasteiger partial charge in [0.1, 0.15) is 17.6 Å². The molecule has 2 N–H and O–H groups in total. The van der Waals surface area contributed by atoms with Crippen molar-refractivity contribution in [1.82, 2.24) is 4.90 Å². The lowest BCUT2D eigenvalue weighted by Crippen LogP contribution is -2.55. The molecule has 8 nitrogen and oxygen atoms in total. The molecule has 31 heavy (non-hydrogen) atoms. The topological polar surface area (TPSA) is 105 Å². The Morgan fingerprint density at radius 2 is 2.10 bits per heavy atom. The summed E-state index contributed by atoms with van der Waals surface area (Å²) in [5.74, 6) is -2.98. The number of nitrogens with zero attached hydrogens (tertiary/aromatic N) is 1. The highest BCUT2D eigenvalue weighted by Crippen LogP contribution is 2.63. The van der Waals surface area contributed by atoms with E-state index in [0.29, 0.717) is 23.6 Å². The van der Waals surface area contributed by atoms with Crippen molar-refractivity contribution >= 4 is 35.1 Å². The number of aliphatic hydroxyl groups excluding tert-OH is 1. The van der Waals surface area contributed by atoms with E-state index in [2.05, 4.69) is 5.32 Å². The summed E-state index contributed by atoms with van der Waals surface area (Å²) in [6.45, 7) is 5.04. The van der Waals surface area contributed by atoms with Crippen molar-refractivity contribution in [3.05, 3.63) is 29.3 Å². The van der Waals surface area contributed by atoms with Crippen LogP contribution >= 0.6 is 11.6 Å². The Balaban J connectivity index is 1.76. The standard InChI is InChI=1S/C22H27ClN2O6/c1-4-30-20(29)16-15-19(28)25(12(2)11-26)17(22(15)10-9-21(16,3)31-22)18(27)24-14-8-6-5-7-13(14)23/h5-8,12,15-17,26H,4,9-11H2,1-3H3,(H,24,27)/t12-,15+,16-,17?,21+,22?/m1/s1. The fourth-order valence-electron chi connectivity index (χ4n) is 5.58. The van der Waals surface area contributed by atoms with Gasteiger partial charge in [0.25, 0.3) is 0 Å². The minimum atomic E-state index is -1.17. The lowest BCUT2D eigenvalue weighted by molar-refractivity contribution is -0.159. The van der Waals surface area contributed by atoms with Crippen molar-refractivity contribution in [2.24, 2.45) is 11.8 Å². The second kappa shape index (κ2) is 7.76. The predicted octanol–water partition coefficient (Wildman–Crippen LogP) is 1.99. The summed E-state index contributed by atoms with van der Waals surface area (Å²) in [6, 6.07) is 5.17. The highest BCUT2D eigenvalue weighted by Gasteiger charge is 2.78. The molecule has 2 bridgehead atoms. The van der Waals surface area contributed by atoms with Gasteiger partial charge in [0, 0.05) is 0 Å². The third-order valence-electron chi connectivity index (χ3n) is 6.87. The van der Waals surface area contributed by atoms with E-state index in [4.69, 9.17) is 21.1 Å². The number of carbonyl (C=O) groups excluding carboxylic acids is 3. The average molecular weight is 451 g/mol. The normalized spacial score (nSPS) is 34.5. The van der Waals surface area contributed by atoms with Crippen LogP contribution in [-0.2, 0) is 23.9 Å². The van der Waals surface area contributed by atoms with Gasteiger partial charge in [-0.1, -0.05) is 23.7 Å². The van der Waals surface area contributed by atoms with Crippen LogP contribution < -0.4 is 5.32 Å². The van der Waals surface area contributed by atoms with Crippen molar-refractivity contribution < 1.29 is 29.0 Å². The highest BCUT2D eigenvalue weighted by molar-refractivity contribution is 6.33. The van der Waals surface area contributed by atoms with E-state index < -0.39 is 47.0 Å². The van der Waals surface area contributed by atoms with Crippen LogP contribution in [0.4, 0.5) is 5.69 Å². The summed E-state index contributed by atoms with van der Waals surface area (Å²) in [4.78, 5) is 41.3. The maximum Gasteiger partial charge on any atom is 0.312 e. The lowest BCUT2D eigenvalue weighted by atomic mass is 9.66. The minimum Gasteiger partial charge on any atom is -0.466 e. The van der Waals surface area contributed by atoms with Gasteiger partial charge in [-0.25, -0.2) is 0 Å². The maximum absolute atomic E-state index is 13.6. The first-order valence-electron chi connectivity index (χ1n) is 10.6. The molecule has 1 aromatic carbocycles. The Hall–Kier alpha value is -2.16. The number of hydrogen-bond donors (Lipinski definition) is 2. The van der Waals surface area contributed by atoms with Crippen LogP contribution in [0.3, 0.4) is 0 Å². The van der Waals surface area contributed by atoms with Gasteiger partial charge in [0.05, 0.1) is 41.5 Å². The summed E-state index contributed by atoms with van der Waals surface area (Å²) < 4.78 is 11.7. The summed E-state index contributed by atoms with van der Waals surface area (Å²) in [6.07, 6.45) is 0.975. The van der Waals surface area contributed by atoms with Crippen LogP contribution in [0.1, 0.15) is 33.6 Å². The molecule has 6 atom stereocenters. The van der Waals surface area contributed by atoms with E-state index in [1.54, 1.807) is 45.0 Å². The van der Waals surface area contributed by atoms with E-state index in [-0.39, 0.29) is 19.1 Å². The zero-order chi connectivity index (χ0) is 22.6. The number of likely N-dealkylation sites (tertiary alicyclic amines) is 1. The number of amides is 2. The van der Waals surface area contributed by atoms with Crippen LogP contribution in [0.15, 0.2) is 24.3 Å². The molecule has 0 saturated carbocycles. The van der Waals surface area contributed by atoms with Gasteiger partial charge in [0.15, 0.2) is 0 Å². The molecule has 2 amide bonds. The fraction of sp³-hybridized carbons (Fsp3) is 0.591. The van der Waals surface area contributed by atoms with E-state index >= 15 is 0 Å². The van der Waals surface area contributed by atoms with Crippen LogP contribution in [-0.4, -0.2) is 64.3 Å². The summed E-state index contributed by atoms with van der Waals surface area (Å²) in [5.41, 5.74) is -1.64. The van der Waals surface area contributed by atoms with E-state index in [9.17, 15) is 19.5 Å². The predicted molar refractivity (Wildman–Crippen MR) is 112 cm³/mol. The molecule has 3 aliphatic rings. The van der Waals surface area contributed by atoms with Crippen LogP contribution in [0, 0.1) is 11.8 Å². The van der Waals surface area contributed by atoms with Crippen LogP contribution in [0.5, 0.6) is 0 Å². The highest BCUT2D eigenvalue weighted by atomic mass is 35.5. The van der Waals surface area contributed by atoms with Gasteiger partial charge in [-0.3, -0.25) is 14.4 Å². The first-order valence-corrected chi connectivity index (χ1v) is 10.9. The smallest absolute Gasteiger partial charge is 0.312 e. The molecule has 3 heterocycles. The number of ether oxygens (including phenoxy) is 2. The Morgan fingerprint density at radius 1 is 1.39 bits per heavy atom. The van der Waals surface area contributed by atoms with Gasteiger partial charge in [-0.05, 0) is 45.7 Å². The number of rotatable bonds is 6. The zero-order valence-corrected chi connectivity index (χ0v) is 18.5. The summed E-state index contributed by atoms with van der Waals surface area (Å²) in [7, 11) is 0. The fourth-order valence-corrected chi connectivity index (χ4v) is 5.76. The second-order valence-electron chi connectivity index (χ2n) is 8.73. The summed E-state index contributed by atoms with van der Waals surface area (Å²) in [5, 5.41) is 13.0.